The fraction of sp³-hybridized carbons (Fsp3) is 0.231. The van der Waals surface area contributed by atoms with E-state index in [1.165, 1.54) is 6.07 Å². The van der Waals surface area contributed by atoms with Crippen molar-refractivity contribution in [2.24, 2.45) is 0 Å². The van der Waals surface area contributed by atoms with E-state index in [9.17, 15) is 13.2 Å². The number of hydrogen-bond acceptors (Lipinski definition) is 4. The van der Waals surface area contributed by atoms with Crippen molar-refractivity contribution in [3.8, 4) is 0 Å². The second-order valence-corrected chi connectivity index (χ2v) is 4.50. The van der Waals surface area contributed by atoms with Crippen LogP contribution in [0.2, 0.25) is 0 Å². The maximum atomic E-state index is 12.6. The lowest BCUT2D eigenvalue weighted by Gasteiger charge is -2.11. The second kappa shape index (κ2) is 4.99. The number of nitrogen functional groups attached to an aromatic ring is 1. The number of aromatic nitrogens is 2. The van der Waals surface area contributed by atoms with Gasteiger partial charge in [-0.05, 0) is 37.1 Å². The van der Waals surface area contributed by atoms with E-state index in [0.717, 1.165) is 11.1 Å². The number of aryl methyl sites for hydroxylation is 2. The van der Waals surface area contributed by atoms with Gasteiger partial charge < -0.3 is 11.1 Å². The third kappa shape index (κ3) is 3.37. The molecule has 0 bridgehead atoms. The van der Waals surface area contributed by atoms with Gasteiger partial charge in [0.15, 0.2) is 0 Å². The van der Waals surface area contributed by atoms with E-state index in [1.807, 2.05) is 19.9 Å². The van der Waals surface area contributed by atoms with Gasteiger partial charge in [0.2, 0.25) is 5.82 Å². The van der Waals surface area contributed by atoms with Gasteiger partial charge in [-0.3, -0.25) is 0 Å². The van der Waals surface area contributed by atoms with Gasteiger partial charge in [-0.25, -0.2) is 9.97 Å². The highest BCUT2D eigenvalue weighted by molar-refractivity contribution is 5.60. The summed E-state index contributed by atoms with van der Waals surface area (Å²) in [6, 6.07) is 6.82. The van der Waals surface area contributed by atoms with Crippen molar-refractivity contribution in [1.82, 2.24) is 9.97 Å². The number of anilines is 3. The van der Waals surface area contributed by atoms with Crippen LogP contribution in [0.4, 0.5) is 30.5 Å². The van der Waals surface area contributed by atoms with E-state index in [0.29, 0.717) is 5.69 Å². The van der Waals surface area contributed by atoms with Gasteiger partial charge in [0.05, 0.1) is 0 Å². The highest BCUT2D eigenvalue weighted by atomic mass is 19.4. The molecule has 3 N–H and O–H groups in total. The molecule has 4 nitrogen and oxygen atoms in total. The number of benzene rings is 1. The molecule has 0 amide bonds. The molecule has 0 unspecified atom stereocenters. The lowest BCUT2D eigenvalue weighted by atomic mass is 10.1. The summed E-state index contributed by atoms with van der Waals surface area (Å²) in [7, 11) is 0. The lowest BCUT2D eigenvalue weighted by molar-refractivity contribution is -0.144. The minimum absolute atomic E-state index is 0.00910. The van der Waals surface area contributed by atoms with E-state index < -0.39 is 12.0 Å². The minimum atomic E-state index is -4.63. The lowest BCUT2D eigenvalue weighted by Crippen LogP contribution is -2.13. The average Bonchev–Trinajstić information content (AvgIpc) is 2.25. The molecule has 1 aromatic heterocycles. The summed E-state index contributed by atoms with van der Waals surface area (Å²) in [5, 5.41) is 2.81. The van der Waals surface area contributed by atoms with Crippen LogP contribution in [0, 0.1) is 13.8 Å². The Hall–Kier alpha value is -2.31. The minimum Gasteiger partial charge on any atom is -0.384 e. The Morgan fingerprint density at radius 1 is 1.00 bits per heavy atom. The second-order valence-electron chi connectivity index (χ2n) is 4.50. The van der Waals surface area contributed by atoms with Crippen LogP contribution < -0.4 is 11.1 Å². The predicted octanol–water partition coefficient (Wildman–Crippen LogP) is 3.44. The SMILES string of the molecule is Cc1cc(C)cc(Nc2cc(N)nc(C(F)(F)F)n2)c1. The Morgan fingerprint density at radius 3 is 2.15 bits per heavy atom. The standard InChI is InChI=1S/C13H13F3N4/c1-7-3-8(2)5-9(4-7)18-11-6-10(17)19-12(20-11)13(14,15)16/h3-6H,1-2H3,(H3,17,18,19,20). The van der Waals surface area contributed by atoms with E-state index in [4.69, 9.17) is 5.73 Å². The van der Waals surface area contributed by atoms with Crippen molar-refractivity contribution in [2.45, 2.75) is 20.0 Å². The third-order valence-electron chi connectivity index (χ3n) is 2.49. The largest absolute Gasteiger partial charge is 0.451 e. The Kier molecular flexibility index (Phi) is 3.52. The van der Waals surface area contributed by atoms with Gasteiger partial charge in [-0.1, -0.05) is 6.07 Å². The predicted molar refractivity (Wildman–Crippen MR) is 70.6 cm³/mol. The summed E-state index contributed by atoms with van der Waals surface area (Å²) in [6.45, 7) is 3.79. The first-order valence-electron chi connectivity index (χ1n) is 5.81. The fourth-order valence-corrected chi connectivity index (χ4v) is 1.85. The number of nitrogens with two attached hydrogens (primary N) is 1. The molecule has 0 fully saturated rings. The van der Waals surface area contributed by atoms with Crippen LogP contribution in [0.5, 0.6) is 0 Å². The van der Waals surface area contributed by atoms with Crippen LogP contribution >= 0.6 is 0 Å². The van der Waals surface area contributed by atoms with Crippen LogP contribution in [0.1, 0.15) is 17.0 Å². The molecule has 1 aromatic carbocycles. The van der Waals surface area contributed by atoms with Crippen molar-refractivity contribution in [1.29, 1.82) is 0 Å². The topological polar surface area (TPSA) is 63.8 Å². The van der Waals surface area contributed by atoms with E-state index in [1.54, 1.807) is 12.1 Å². The molecular weight excluding hydrogens is 269 g/mol. The Morgan fingerprint density at radius 2 is 1.60 bits per heavy atom. The van der Waals surface area contributed by atoms with Crippen molar-refractivity contribution in [3.05, 3.63) is 41.2 Å². The monoisotopic (exact) mass is 282 g/mol. The van der Waals surface area contributed by atoms with Crippen LogP contribution in [0.25, 0.3) is 0 Å². The zero-order valence-electron chi connectivity index (χ0n) is 10.9. The zero-order chi connectivity index (χ0) is 14.9. The number of halogens is 3. The Labute approximate surface area is 113 Å². The highest BCUT2D eigenvalue weighted by Gasteiger charge is 2.35. The highest BCUT2D eigenvalue weighted by Crippen LogP contribution is 2.28. The Bertz CT molecular complexity index is 618. The summed E-state index contributed by atoms with van der Waals surface area (Å²) in [5.41, 5.74) is 8.01. The normalized spacial score (nSPS) is 11.4. The first-order valence-corrected chi connectivity index (χ1v) is 5.81. The molecule has 20 heavy (non-hydrogen) atoms. The van der Waals surface area contributed by atoms with Crippen LogP contribution in [0.15, 0.2) is 24.3 Å². The molecule has 0 aliphatic rings. The molecule has 7 heteroatoms. The summed E-state index contributed by atoms with van der Waals surface area (Å²) in [5.74, 6) is -1.49. The molecule has 0 atom stereocenters. The number of alkyl halides is 3. The van der Waals surface area contributed by atoms with Crippen molar-refractivity contribution in [2.75, 3.05) is 11.1 Å². The van der Waals surface area contributed by atoms with Gasteiger partial charge in [0.1, 0.15) is 11.6 Å². The first kappa shape index (κ1) is 14.1. The summed E-state index contributed by atoms with van der Waals surface area (Å²) in [4.78, 5) is 6.62. The van der Waals surface area contributed by atoms with Crippen LogP contribution in [-0.2, 0) is 6.18 Å². The van der Waals surface area contributed by atoms with Gasteiger partial charge in [-0.2, -0.15) is 13.2 Å². The fourth-order valence-electron chi connectivity index (χ4n) is 1.85. The van der Waals surface area contributed by atoms with Crippen molar-refractivity contribution in [3.63, 3.8) is 0 Å². The third-order valence-corrected chi connectivity index (χ3v) is 2.49. The van der Waals surface area contributed by atoms with Gasteiger partial charge >= 0.3 is 6.18 Å². The quantitative estimate of drug-likeness (QED) is 0.885. The van der Waals surface area contributed by atoms with Gasteiger partial charge in [0, 0.05) is 11.8 Å². The number of nitrogens with zero attached hydrogens (tertiary/aromatic N) is 2. The van der Waals surface area contributed by atoms with E-state index in [2.05, 4.69) is 15.3 Å². The maximum Gasteiger partial charge on any atom is 0.451 e. The zero-order valence-corrected chi connectivity index (χ0v) is 10.9. The maximum absolute atomic E-state index is 12.6. The van der Waals surface area contributed by atoms with Crippen molar-refractivity contribution < 1.29 is 13.2 Å². The molecule has 2 rings (SSSR count). The molecule has 0 radical (unpaired) electrons. The average molecular weight is 282 g/mol. The first-order chi connectivity index (χ1) is 9.24. The summed E-state index contributed by atoms with van der Waals surface area (Å²) in [6.07, 6.45) is -4.63. The van der Waals surface area contributed by atoms with E-state index >= 15 is 0 Å². The van der Waals surface area contributed by atoms with Gasteiger partial charge in [-0.15, -0.1) is 0 Å². The summed E-state index contributed by atoms with van der Waals surface area (Å²) < 4.78 is 37.8. The molecule has 0 saturated heterocycles. The van der Waals surface area contributed by atoms with E-state index in [-0.39, 0.29) is 11.6 Å². The van der Waals surface area contributed by atoms with Crippen molar-refractivity contribution >= 4 is 17.3 Å². The number of rotatable bonds is 2. The van der Waals surface area contributed by atoms with Crippen LogP contribution in [0.3, 0.4) is 0 Å². The van der Waals surface area contributed by atoms with Crippen LogP contribution in [-0.4, -0.2) is 9.97 Å². The molecule has 0 aliphatic carbocycles. The molecule has 1 heterocycles. The molecule has 0 saturated carbocycles. The molecule has 2 aromatic rings. The summed E-state index contributed by atoms with van der Waals surface area (Å²) >= 11 is 0. The van der Waals surface area contributed by atoms with Gasteiger partial charge in [0.25, 0.3) is 0 Å². The number of hydrogen-bond donors (Lipinski definition) is 2. The molecule has 0 aliphatic heterocycles. The Balaban J connectivity index is 2.36. The number of nitrogens with one attached hydrogen (secondary N) is 1. The molecular formula is C13H13F3N4. The smallest absolute Gasteiger partial charge is 0.384 e. The molecule has 0 spiro atoms. The molecule has 106 valence electrons.